The second kappa shape index (κ2) is 3.08. The van der Waals surface area contributed by atoms with Crippen molar-refractivity contribution in [3.05, 3.63) is 0 Å². The maximum absolute atomic E-state index is 11.8. The van der Waals surface area contributed by atoms with Crippen LogP contribution >= 0.6 is 0 Å². The average molecular weight is 137 g/mol. The number of morpholine rings is 1. The van der Waals surface area contributed by atoms with Crippen molar-refractivity contribution in [3.63, 3.8) is 0 Å². The van der Waals surface area contributed by atoms with Gasteiger partial charge in [0.25, 0.3) is 6.43 Å². The molecule has 0 aromatic heterocycles. The third kappa shape index (κ3) is 1.87. The minimum absolute atomic E-state index is 0.275. The van der Waals surface area contributed by atoms with Crippen LogP contribution in [0.5, 0.6) is 0 Å². The molecular formula is C5H9F2NO. The first-order chi connectivity index (χ1) is 4.30. The van der Waals surface area contributed by atoms with E-state index in [0.29, 0.717) is 13.2 Å². The lowest BCUT2D eigenvalue weighted by atomic mass is 10.3. The average Bonchev–Trinajstić information content (AvgIpc) is 1.90. The van der Waals surface area contributed by atoms with Crippen molar-refractivity contribution in [2.75, 3.05) is 19.7 Å². The van der Waals surface area contributed by atoms with Crippen LogP contribution in [-0.2, 0) is 4.74 Å². The predicted molar refractivity (Wildman–Crippen MR) is 28.6 cm³/mol. The summed E-state index contributed by atoms with van der Waals surface area (Å²) in [6.07, 6.45) is -3.24. The molecule has 0 spiro atoms. The molecule has 1 rings (SSSR count). The van der Waals surface area contributed by atoms with Crippen LogP contribution in [-0.4, -0.2) is 32.2 Å². The lowest BCUT2D eigenvalue weighted by Crippen LogP contribution is -2.42. The van der Waals surface area contributed by atoms with Gasteiger partial charge in [-0.3, -0.25) is 0 Å². The Kier molecular flexibility index (Phi) is 2.36. The number of ether oxygens (including phenoxy) is 1. The van der Waals surface area contributed by atoms with Crippen LogP contribution in [0.4, 0.5) is 8.78 Å². The van der Waals surface area contributed by atoms with E-state index >= 15 is 0 Å². The van der Waals surface area contributed by atoms with Gasteiger partial charge in [-0.15, -0.1) is 0 Å². The fourth-order valence-corrected chi connectivity index (χ4v) is 0.748. The summed E-state index contributed by atoms with van der Waals surface area (Å²) >= 11 is 0. The molecule has 0 unspecified atom stereocenters. The molecule has 0 aromatic carbocycles. The SMILES string of the molecule is FC(F)[C@@H]1CNCCO1. The van der Waals surface area contributed by atoms with Crippen molar-refractivity contribution < 1.29 is 13.5 Å². The Balaban J connectivity index is 2.23. The van der Waals surface area contributed by atoms with Gasteiger partial charge in [0.15, 0.2) is 0 Å². The van der Waals surface area contributed by atoms with Crippen molar-refractivity contribution in [1.29, 1.82) is 0 Å². The van der Waals surface area contributed by atoms with Gasteiger partial charge in [-0.1, -0.05) is 0 Å². The van der Waals surface area contributed by atoms with E-state index in [2.05, 4.69) is 5.32 Å². The standard InChI is InChI=1S/C5H9F2NO/c6-5(7)4-3-8-1-2-9-4/h4-5,8H,1-3H2/t4-/m0/s1. The summed E-state index contributed by atoms with van der Waals surface area (Å²) < 4.78 is 28.2. The molecule has 0 amide bonds. The molecule has 0 aromatic rings. The van der Waals surface area contributed by atoms with Crippen LogP contribution in [0, 0.1) is 0 Å². The van der Waals surface area contributed by atoms with E-state index in [4.69, 9.17) is 4.74 Å². The van der Waals surface area contributed by atoms with Crippen molar-refractivity contribution >= 4 is 0 Å². The van der Waals surface area contributed by atoms with Crippen LogP contribution < -0.4 is 5.32 Å². The molecule has 0 bridgehead atoms. The molecule has 2 nitrogen and oxygen atoms in total. The van der Waals surface area contributed by atoms with Crippen LogP contribution in [0.1, 0.15) is 0 Å². The van der Waals surface area contributed by atoms with Crippen LogP contribution in [0.2, 0.25) is 0 Å². The Morgan fingerprint density at radius 3 is 2.67 bits per heavy atom. The zero-order valence-electron chi connectivity index (χ0n) is 4.94. The lowest BCUT2D eigenvalue weighted by Gasteiger charge is -2.22. The molecule has 4 heteroatoms. The van der Waals surface area contributed by atoms with Crippen LogP contribution in [0.25, 0.3) is 0 Å². The van der Waals surface area contributed by atoms with Crippen LogP contribution in [0.15, 0.2) is 0 Å². The Labute approximate surface area is 52.2 Å². The topological polar surface area (TPSA) is 21.3 Å². The summed E-state index contributed by atoms with van der Waals surface area (Å²) in [5, 5.41) is 2.81. The molecule has 0 saturated carbocycles. The van der Waals surface area contributed by atoms with Gasteiger partial charge in [0.2, 0.25) is 0 Å². The molecule has 1 fully saturated rings. The summed E-state index contributed by atoms with van der Waals surface area (Å²) in [4.78, 5) is 0. The number of hydrogen-bond acceptors (Lipinski definition) is 2. The van der Waals surface area contributed by atoms with Crippen molar-refractivity contribution in [2.45, 2.75) is 12.5 Å². The van der Waals surface area contributed by atoms with E-state index < -0.39 is 12.5 Å². The largest absolute Gasteiger partial charge is 0.370 e. The minimum Gasteiger partial charge on any atom is -0.370 e. The van der Waals surface area contributed by atoms with E-state index in [9.17, 15) is 8.78 Å². The zero-order chi connectivity index (χ0) is 6.69. The predicted octanol–water partition coefficient (Wildman–Crippen LogP) is 0.240. The molecule has 54 valence electrons. The Morgan fingerprint density at radius 2 is 2.33 bits per heavy atom. The number of alkyl halides is 2. The fourth-order valence-electron chi connectivity index (χ4n) is 0.748. The second-order valence-electron chi connectivity index (χ2n) is 1.95. The molecule has 0 radical (unpaired) electrons. The molecule has 1 heterocycles. The summed E-state index contributed by atoms with van der Waals surface area (Å²) in [5.74, 6) is 0. The summed E-state index contributed by atoms with van der Waals surface area (Å²) in [6.45, 7) is 1.36. The highest BCUT2D eigenvalue weighted by Crippen LogP contribution is 2.06. The van der Waals surface area contributed by atoms with E-state index in [-0.39, 0.29) is 6.54 Å². The van der Waals surface area contributed by atoms with Crippen LogP contribution in [0.3, 0.4) is 0 Å². The van der Waals surface area contributed by atoms with Gasteiger partial charge in [0.1, 0.15) is 6.10 Å². The molecule has 9 heavy (non-hydrogen) atoms. The zero-order valence-corrected chi connectivity index (χ0v) is 4.94. The first kappa shape index (κ1) is 6.89. The lowest BCUT2D eigenvalue weighted by molar-refractivity contribution is -0.0686. The first-order valence-corrected chi connectivity index (χ1v) is 2.91. The number of rotatable bonds is 1. The highest BCUT2D eigenvalue weighted by atomic mass is 19.3. The molecule has 1 N–H and O–H groups in total. The Bertz CT molecular complexity index is 83.0. The van der Waals surface area contributed by atoms with Gasteiger partial charge in [-0.05, 0) is 0 Å². The maximum Gasteiger partial charge on any atom is 0.265 e. The van der Waals surface area contributed by atoms with Gasteiger partial charge in [0, 0.05) is 13.1 Å². The fraction of sp³-hybridized carbons (Fsp3) is 1.00. The van der Waals surface area contributed by atoms with E-state index in [0.717, 1.165) is 0 Å². The maximum atomic E-state index is 11.8. The third-order valence-corrected chi connectivity index (χ3v) is 1.24. The summed E-state index contributed by atoms with van der Waals surface area (Å²) in [5.41, 5.74) is 0. The van der Waals surface area contributed by atoms with E-state index in [1.807, 2.05) is 0 Å². The van der Waals surface area contributed by atoms with Crippen molar-refractivity contribution in [1.82, 2.24) is 5.32 Å². The highest BCUT2D eigenvalue weighted by molar-refractivity contribution is 4.68. The minimum atomic E-state index is -2.35. The van der Waals surface area contributed by atoms with Crippen molar-refractivity contribution in [2.24, 2.45) is 0 Å². The van der Waals surface area contributed by atoms with Gasteiger partial charge in [0.05, 0.1) is 6.61 Å². The Hall–Kier alpha value is -0.220. The van der Waals surface area contributed by atoms with Gasteiger partial charge in [-0.2, -0.15) is 0 Å². The quantitative estimate of drug-likeness (QED) is 0.559. The summed E-state index contributed by atoms with van der Waals surface area (Å²) in [7, 11) is 0. The molecule has 1 atom stereocenters. The monoisotopic (exact) mass is 137 g/mol. The molecule has 1 aliphatic heterocycles. The smallest absolute Gasteiger partial charge is 0.265 e. The third-order valence-electron chi connectivity index (χ3n) is 1.24. The second-order valence-corrected chi connectivity index (χ2v) is 1.95. The number of nitrogens with one attached hydrogen (secondary N) is 1. The first-order valence-electron chi connectivity index (χ1n) is 2.91. The van der Waals surface area contributed by atoms with E-state index in [1.54, 1.807) is 0 Å². The normalized spacial score (nSPS) is 29.0. The Morgan fingerprint density at radius 1 is 1.56 bits per heavy atom. The number of hydrogen-bond donors (Lipinski definition) is 1. The molecular weight excluding hydrogens is 128 g/mol. The molecule has 1 aliphatic rings. The van der Waals surface area contributed by atoms with Gasteiger partial charge >= 0.3 is 0 Å². The van der Waals surface area contributed by atoms with Gasteiger partial charge in [-0.25, -0.2) is 8.78 Å². The molecule has 0 aliphatic carbocycles. The van der Waals surface area contributed by atoms with Gasteiger partial charge < -0.3 is 10.1 Å². The highest BCUT2D eigenvalue weighted by Gasteiger charge is 2.22. The van der Waals surface area contributed by atoms with E-state index in [1.165, 1.54) is 0 Å². The summed E-state index contributed by atoms with van der Waals surface area (Å²) in [6, 6.07) is 0. The van der Waals surface area contributed by atoms with Crippen molar-refractivity contribution in [3.8, 4) is 0 Å². The molecule has 1 saturated heterocycles. The number of halogens is 2.